The zero-order chi connectivity index (χ0) is 16.8. The number of benzene rings is 1. The predicted molar refractivity (Wildman–Crippen MR) is 86.6 cm³/mol. The number of carbonyl (C=O) groups excluding carboxylic acids is 1. The van der Waals surface area contributed by atoms with Crippen molar-refractivity contribution < 1.29 is 9.90 Å². The summed E-state index contributed by atoms with van der Waals surface area (Å²) in [6.07, 6.45) is 0. The fraction of sp³-hybridized carbons (Fsp3) is 0.400. The number of amides is 2. The maximum absolute atomic E-state index is 12.3. The molecule has 0 fully saturated rings. The summed E-state index contributed by atoms with van der Waals surface area (Å²) in [5, 5.41) is 14.7. The maximum Gasteiger partial charge on any atom is 0.317 e. The van der Waals surface area contributed by atoms with Gasteiger partial charge in [-0.15, -0.1) is 0 Å². The highest BCUT2D eigenvalue weighted by atomic mass is 16.3. The second-order valence-electron chi connectivity index (χ2n) is 4.98. The van der Waals surface area contributed by atoms with Gasteiger partial charge in [-0.3, -0.25) is 14.7 Å². The Labute approximate surface area is 132 Å². The number of aromatic nitrogens is 2. The molecule has 1 aromatic carbocycles. The van der Waals surface area contributed by atoms with Crippen molar-refractivity contribution in [2.24, 2.45) is 0 Å². The normalized spacial score (nSPS) is 10.7. The average Bonchev–Trinajstić information content (AvgIpc) is 2.57. The molecule has 3 N–H and O–H groups in total. The molecule has 2 rings (SSSR count). The van der Waals surface area contributed by atoms with E-state index in [0.29, 0.717) is 17.3 Å². The van der Waals surface area contributed by atoms with Crippen molar-refractivity contribution in [2.75, 3.05) is 26.2 Å². The van der Waals surface area contributed by atoms with Gasteiger partial charge in [0.25, 0.3) is 11.1 Å². The molecule has 0 spiro atoms. The zero-order valence-corrected chi connectivity index (χ0v) is 12.9. The first kappa shape index (κ1) is 16.8. The van der Waals surface area contributed by atoms with E-state index < -0.39 is 0 Å². The molecule has 0 aliphatic rings. The van der Waals surface area contributed by atoms with Gasteiger partial charge in [-0.05, 0) is 19.1 Å². The lowest BCUT2D eigenvalue weighted by atomic mass is 10.2. The van der Waals surface area contributed by atoms with E-state index in [0.717, 1.165) is 0 Å². The minimum atomic E-state index is -0.345. The molecular formula is C15H20N4O4. The second kappa shape index (κ2) is 7.59. The van der Waals surface area contributed by atoms with E-state index in [-0.39, 0.29) is 43.4 Å². The van der Waals surface area contributed by atoms with Gasteiger partial charge in [-0.2, -0.15) is 0 Å². The third-order valence-corrected chi connectivity index (χ3v) is 3.53. The molecule has 1 heterocycles. The number of aliphatic hydroxyl groups excluding tert-OH is 1. The Morgan fingerprint density at radius 3 is 2.65 bits per heavy atom. The Kier molecular flexibility index (Phi) is 5.53. The molecule has 2 aromatic rings. The van der Waals surface area contributed by atoms with Crippen LogP contribution in [0.5, 0.6) is 0 Å². The van der Waals surface area contributed by atoms with Crippen LogP contribution in [-0.4, -0.2) is 52.1 Å². The zero-order valence-electron chi connectivity index (χ0n) is 12.9. The van der Waals surface area contributed by atoms with Crippen molar-refractivity contribution in [3.63, 3.8) is 0 Å². The van der Waals surface area contributed by atoms with Crippen LogP contribution in [0.3, 0.4) is 0 Å². The Hall–Kier alpha value is -2.61. The lowest BCUT2D eigenvalue weighted by Gasteiger charge is -2.20. The van der Waals surface area contributed by atoms with Gasteiger partial charge in [0.2, 0.25) is 0 Å². The Balaban J connectivity index is 2.08. The number of nitrogens with one attached hydrogen (secondary N) is 2. The monoisotopic (exact) mass is 320 g/mol. The van der Waals surface area contributed by atoms with Crippen molar-refractivity contribution in [3.05, 3.63) is 45.0 Å². The van der Waals surface area contributed by atoms with Crippen LogP contribution in [0.25, 0.3) is 10.8 Å². The Morgan fingerprint density at radius 1 is 1.30 bits per heavy atom. The van der Waals surface area contributed by atoms with E-state index in [9.17, 15) is 14.4 Å². The summed E-state index contributed by atoms with van der Waals surface area (Å²) < 4.78 is 1.19. The highest BCUT2D eigenvalue weighted by Crippen LogP contribution is 2.02. The molecule has 124 valence electrons. The number of aromatic amines is 1. The van der Waals surface area contributed by atoms with Gasteiger partial charge in [0, 0.05) is 19.6 Å². The first-order chi connectivity index (χ1) is 11.1. The van der Waals surface area contributed by atoms with Gasteiger partial charge < -0.3 is 15.3 Å². The van der Waals surface area contributed by atoms with Gasteiger partial charge in [0.05, 0.1) is 23.9 Å². The molecule has 1 aromatic heterocycles. The van der Waals surface area contributed by atoms with E-state index in [1.165, 1.54) is 9.58 Å². The second-order valence-corrected chi connectivity index (χ2v) is 4.98. The lowest BCUT2D eigenvalue weighted by molar-refractivity contribution is 0.180. The summed E-state index contributed by atoms with van der Waals surface area (Å²) in [4.78, 5) is 37.5. The van der Waals surface area contributed by atoms with E-state index in [4.69, 9.17) is 5.11 Å². The molecular weight excluding hydrogens is 300 g/mol. The van der Waals surface area contributed by atoms with Crippen LogP contribution >= 0.6 is 0 Å². The Morgan fingerprint density at radius 2 is 2.00 bits per heavy atom. The van der Waals surface area contributed by atoms with E-state index >= 15 is 0 Å². The number of urea groups is 1. The third kappa shape index (κ3) is 3.78. The van der Waals surface area contributed by atoms with Crippen LogP contribution < -0.4 is 16.4 Å². The molecule has 0 radical (unpaired) electrons. The predicted octanol–water partition coefficient (Wildman–Crippen LogP) is -0.286. The summed E-state index contributed by atoms with van der Waals surface area (Å²) in [5.74, 6) is 0. The van der Waals surface area contributed by atoms with Crippen molar-refractivity contribution in [2.45, 2.75) is 13.5 Å². The summed E-state index contributed by atoms with van der Waals surface area (Å²) in [5.41, 5.74) is -0.654. The third-order valence-electron chi connectivity index (χ3n) is 3.53. The van der Waals surface area contributed by atoms with E-state index in [2.05, 4.69) is 10.4 Å². The standard InChI is InChI=1S/C15H20N4O4/c1-2-18(9-10-20)15(23)16-7-8-19-14(22)12-6-4-3-5-11(12)13(21)17-19/h3-6,20H,2,7-10H2,1H3,(H,16,23)(H,17,21). The fourth-order valence-corrected chi connectivity index (χ4v) is 2.31. The molecule has 8 heteroatoms. The molecule has 8 nitrogen and oxygen atoms in total. The van der Waals surface area contributed by atoms with Crippen molar-refractivity contribution in [3.8, 4) is 0 Å². The van der Waals surface area contributed by atoms with Gasteiger partial charge in [0.1, 0.15) is 0 Å². The van der Waals surface area contributed by atoms with Crippen LogP contribution in [0.15, 0.2) is 33.9 Å². The molecule has 0 aliphatic carbocycles. The molecule has 0 saturated heterocycles. The Bertz CT molecular complexity index is 796. The quantitative estimate of drug-likeness (QED) is 0.680. The number of H-pyrrole nitrogens is 1. The topological polar surface area (TPSA) is 107 Å². The first-order valence-corrected chi connectivity index (χ1v) is 7.44. The van der Waals surface area contributed by atoms with Crippen LogP contribution in [0.4, 0.5) is 4.79 Å². The van der Waals surface area contributed by atoms with Crippen LogP contribution in [0, 0.1) is 0 Å². The smallest absolute Gasteiger partial charge is 0.317 e. The van der Waals surface area contributed by atoms with E-state index in [1.54, 1.807) is 31.2 Å². The molecule has 0 aliphatic heterocycles. The van der Waals surface area contributed by atoms with Crippen LogP contribution in [0.1, 0.15) is 6.92 Å². The fourth-order valence-electron chi connectivity index (χ4n) is 2.31. The number of hydrogen-bond acceptors (Lipinski definition) is 4. The van der Waals surface area contributed by atoms with Crippen molar-refractivity contribution >= 4 is 16.8 Å². The first-order valence-electron chi connectivity index (χ1n) is 7.44. The number of carbonyl (C=O) groups is 1. The minimum absolute atomic E-state index is 0.112. The molecule has 0 saturated carbocycles. The highest BCUT2D eigenvalue weighted by molar-refractivity contribution is 5.80. The largest absolute Gasteiger partial charge is 0.395 e. The van der Waals surface area contributed by atoms with Gasteiger partial charge in [0.15, 0.2) is 0 Å². The van der Waals surface area contributed by atoms with Crippen molar-refractivity contribution in [1.82, 2.24) is 20.0 Å². The van der Waals surface area contributed by atoms with Crippen LogP contribution in [-0.2, 0) is 6.54 Å². The SMILES string of the molecule is CCN(CCO)C(=O)NCCn1[nH]c(=O)c2ccccc2c1=O. The summed E-state index contributed by atoms with van der Waals surface area (Å²) in [7, 11) is 0. The number of likely N-dealkylation sites (N-methyl/N-ethyl adjacent to an activating group) is 1. The molecule has 0 bridgehead atoms. The van der Waals surface area contributed by atoms with E-state index in [1.807, 2.05) is 0 Å². The van der Waals surface area contributed by atoms with Crippen molar-refractivity contribution in [1.29, 1.82) is 0 Å². The molecule has 0 unspecified atom stereocenters. The summed E-state index contributed by atoms with van der Waals surface area (Å²) in [6, 6.07) is 6.26. The maximum atomic E-state index is 12.3. The van der Waals surface area contributed by atoms with Crippen LogP contribution in [0.2, 0.25) is 0 Å². The van der Waals surface area contributed by atoms with Gasteiger partial charge in [-0.25, -0.2) is 9.48 Å². The number of rotatable bonds is 6. The van der Waals surface area contributed by atoms with Gasteiger partial charge >= 0.3 is 6.03 Å². The molecule has 2 amide bonds. The number of nitrogens with zero attached hydrogens (tertiary/aromatic N) is 2. The minimum Gasteiger partial charge on any atom is -0.395 e. The number of hydrogen-bond donors (Lipinski definition) is 3. The number of fused-ring (bicyclic) bond motifs is 1. The highest BCUT2D eigenvalue weighted by Gasteiger charge is 2.10. The molecule has 0 atom stereocenters. The summed E-state index contributed by atoms with van der Waals surface area (Å²) >= 11 is 0. The van der Waals surface area contributed by atoms with Gasteiger partial charge in [-0.1, -0.05) is 12.1 Å². The average molecular weight is 320 g/mol. The molecule has 23 heavy (non-hydrogen) atoms. The summed E-state index contributed by atoms with van der Waals surface area (Å²) in [6.45, 7) is 2.75. The lowest BCUT2D eigenvalue weighted by Crippen LogP contribution is -2.43. The number of aliphatic hydroxyl groups is 1.